The summed E-state index contributed by atoms with van der Waals surface area (Å²) in [6.07, 6.45) is 5.24. The van der Waals surface area contributed by atoms with Crippen LogP contribution in [-0.4, -0.2) is 6.21 Å². The zero-order valence-electron chi connectivity index (χ0n) is 6.81. The Morgan fingerprint density at radius 2 is 2.46 bits per heavy atom. The number of nitrogens with one attached hydrogen (secondary N) is 1. The molecule has 2 atom stereocenters. The third-order valence-corrected chi connectivity index (χ3v) is 2.29. The van der Waals surface area contributed by atoms with Gasteiger partial charge in [-0.2, -0.15) is 0 Å². The van der Waals surface area contributed by atoms with Crippen molar-refractivity contribution < 1.29 is 9.25 Å². The Morgan fingerprint density at radius 3 is 3.31 bits per heavy atom. The fraction of sp³-hybridized carbons (Fsp3) is 0.222. The standard InChI is InChI=1S/C9H8N2O2/c1-2-7(12-3-1)9-6-4-10-5-8(6)13-11-9/h1-6,9,11H. The lowest BCUT2D eigenvalue weighted by Crippen LogP contribution is -2.16. The van der Waals surface area contributed by atoms with Crippen LogP contribution in [0.15, 0.2) is 39.8 Å². The number of hydrogen-bond donors (Lipinski definition) is 1. The van der Waals surface area contributed by atoms with Crippen LogP contribution in [0.5, 0.6) is 0 Å². The van der Waals surface area contributed by atoms with Gasteiger partial charge in [-0.05, 0) is 12.1 Å². The van der Waals surface area contributed by atoms with Crippen molar-refractivity contribution >= 4 is 6.21 Å². The number of rotatable bonds is 1. The van der Waals surface area contributed by atoms with Crippen LogP contribution in [0.3, 0.4) is 0 Å². The monoisotopic (exact) mass is 176 g/mol. The summed E-state index contributed by atoms with van der Waals surface area (Å²) in [4.78, 5) is 9.27. The second-order valence-corrected chi connectivity index (χ2v) is 3.07. The molecule has 0 amide bonds. The first kappa shape index (κ1) is 6.91. The van der Waals surface area contributed by atoms with Gasteiger partial charge in [0.1, 0.15) is 11.8 Å². The lowest BCUT2D eigenvalue weighted by Gasteiger charge is -2.06. The Balaban J connectivity index is 1.95. The highest BCUT2D eigenvalue weighted by molar-refractivity contribution is 5.70. The smallest absolute Gasteiger partial charge is 0.153 e. The van der Waals surface area contributed by atoms with Crippen molar-refractivity contribution in [2.45, 2.75) is 6.04 Å². The van der Waals surface area contributed by atoms with Gasteiger partial charge in [0.15, 0.2) is 5.76 Å². The van der Waals surface area contributed by atoms with Crippen molar-refractivity contribution in [1.82, 2.24) is 5.48 Å². The molecule has 0 aliphatic carbocycles. The molecule has 66 valence electrons. The number of nitrogens with zero attached hydrogens (tertiary/aromatic N) is 1. The Labute approximate surface area is 74.9 Å². The van der Waals surface area contributed by atoms with Crippen molar-refractivity contribution in [3.8, 4) is 0 Å². The summed E-state index contributed by atoms with van der Waals surface area (Å²) < 4.78 is 5.29. The topological polar surface area (TPSA) is 46.8 Å². The van der Waals surface area contributed by atoms with Gasteiger partial charge in [-0.25, -0.2) is 0 Å². The average molecular weight is 176 g/mol. The van der Waals surface area contributed by atoms with E-state index in [-0.39, 0.29) is 12.0 Å². The maximum absolute atomic E-state index is 5.29. The van der Waals surface area contributed by atoms with Crippen LogP contribution in [-0.2, 0) is 4.84 Å². The quantitative estimate of drug-likeness (QED) is 0.703. The molecule has 4 heteroatoms. The van der Waals surface area contributed by atoms with Gasteiger partial charge in [0.2, 0.25) is 0 Å². The van der Waals surface area contributed by atoms with Gasteiger partial charge in [0.05, 0.1) is 18.4 Å². The molecule has 0 radical (unpaired) electrons. The molecule has 1 fully saturated rings. The van der Waals surface area contributed by atoms with E-state index in [9.17, 15) is 0 Å². The van der Waals surface area contributed by atoms with Crippen molar-refractivity contribution in [2.75, 3.05) is 0 Å². The molecule has 1 aromatic heterocycles. The molecule has 4 nitrogen and oxygen atoms in total. The second-order valence-electron chi connectivity index (χ2n) is 3.07. The molecule has 3 heterocycles. The fourth-order valence-electron chi connectivity index (χ4n) is 1.62. The zero-order chi connectivity index (χ0) is 8.67. The van der Waals surface area contributed by atoms with Crippen molar-refractivity contribution in [2.24, 2.45) is 10.9 Å². The molecule has 3 rings (SSSR count). The first-order valence-corrected chi connectivity index (χ1v) is 4.14. The fourth-order valence-corrected chi connectivity index (χ4v) is 1.62. The second kappa shape index (κ2) is 2.47. The average Bonchev–Trinajstić information content (AvgIpc) is 2.79. The predicted octanol–water partition coefficient (Wildman–Crippen LogP) is 1.40. The van der Waals surface area contributed by atoms with Crippen LogP contribution in [0.4, 0.5) is 0 Å². The molecule has 2 aliphatic heterocycles. The SMILES string of the molecule is C1=NC=C2ONC(c3ccco3)C12. The Hall–Kier alpha value is -1.55. The van der Waals surface area contributed by atoms with E-state index < -0.39 is 0 Å². The van der Waals surface area contributed by atoms with Gasteiger partial charge in [-0.3, -0.25) is 4.99 Å². The molecular weight excluding hydrogens is 168 g/mol. The van der Waals surface area contributed by atoms with Gasteiger partial charge in [0.25, 0.3) is 0 Å². The van der Waals surface area contributed by atoms with E-state index in [2.05, 4.69) is 10.5 Å². The van der Waals surface area contributed by atoms with E-state index in [0.717, 1.165) is 11.5 Å². The highest BCUT2D eigenvalue weighted by Crippen LogP contribution is 2.35. The van der Waals surface area contributed by atoms with E-state index in [4.69, 9.17) is 9.25 Å². The van der Waals surface area contributed by atoms with E-state index in [0.29, 0.717) is 0 Å². The van der Waals surface area contributed by atoms with E-state index in [1.54, 1.807) is 12.5 Å². The number of furan rings is 1. The lowest BCUT2D eigenvalue weighted by molar-refractivity contribution is 0.129. The van der Waals surface area contributed by atoms with Crippen LogP contribution in [0.2, 0.25) is 0 Å². The summed E-state index contributed by atoms with van der Waals surface area (Å²) in [6, 6.07) is 3.86. The first-order chi connectivity index (χ1) is 6.45. The highest BCUT2D eigenvalue weighted by Gasteiger charge is 2.37. The minimum Gasteiger partial charge on any atom is -0.468 e. The summed E-state index contributed by atoms with van der Waals surface area (Å²) in [7, 11) is 0. The molecule has 0 saturated carbocycles. The van der Waals surface area contributed by atoms with Crippen molar-refractivity contribution in [3.05, 3.63) is 36.1 Å². The van der Waals surface area contributed by atoms with Gasteiger partial charge in [-0.15, -0.1) is 5.48 Å². The van der Waals surface area contributed by atoms with Gasteiger partial charge >= 0.3 is 0 Å². The zero-order valence-corrected chi connectivity index (χ0v) is 6.81. The molecule has 1 aromatic rings. The Bertz CT molecular complexity index is 367. The minimum absolute atomic E-state index is 0.0625. The molecular formula is C9H8N2O2. The van der Waals surface area contributed by atoms with Gasteiger partial charge in [-0.1, -0.05) is 0 Å². The summed E-state index contributed by atoms with van der Waals surface area (Å²) >= 11 is 0. The van der Waals surface area contributed by atoms with E-state index in [1.807, 2.05) is 18.3 Å². The van der Waals surface area contributed by atoms with Gasteiger partial charge in [0, 0.05) is 6.21 Å². The van der Waals surface area contributed by atoms with Crippen LogP contribution in [0.25, 0.3) is 0 Å². The Kier molecular flexibility index (Phi) is 1.31. The number of hydroxylamine groups is 1. The molecule has 1 N–H and O–H groups in total. The highest BCUT2D eigenvalue weighted by atomic mass is 16.7. The molecule has 0 spiro atoms. The first-order valence-electron chi connectivity index (χ1n) is 4.14. The largest absolute Gasteiger partial charge is 0.468 e. The lowest BCUT2D eigenvalue weighted by atomic mass is 10.0. The maximum atomic E-state index is 5.29. The number of fused-ring (bicyclic) bond motifs is 1. The third kappa shape index (κ3) is 0.922. The molecule has 1 saturated heterocycles. The summed E-state index contributed by atoms with van der Waals surface area (Å²) in [5, 5.41) is 0. The normalized spacial score (nSPS) is 30.0. The Morgan fingerprint density at radius 1 is 1.46 bits per heavy atom. The number of hydrogen-bond acceptors (Lipinski definition) is 4. The molecule has 2 aliphatic rings. The van der Waals surface area contributed by atoms with Crippen molar-refractivity contribution in [3.63, 3.8) is 0 Å². The molecule has 2 unspecified atom stereocenters. The third-order valence-electron chi connectivity index (χ3n) is 2.29. The molecule has 13 heavy (non-hydrogen) atoms. The summed E-state index contributed by atoms with van der Waals surface area (Å²) in [5.74, 6) is 1.93. The van der Waals surface area contributed by atoms with Crippen LogP contribution in [0.1, 0.15) is 11.8 Å². The van der Waals surface area contributed by atoms with Crippen LogP contribution in [0, 0.1) is 5.92 Å². The maximum Gasteiger partial charge on any atom is 0.153 e. The molecule has 0 bridgehead atoms. The predicted molar refractivity (Wildman–Crippen MR) is 45.7 cm³/mol. The van der Waals surface area contributed by atoms with Crippen LogP contribution >= 0.6 is 0 Å². The van der Waals surface area contributed by atoms with Crippen LogP contribution < -0.4 is 5.48 Å². The van der Waals surface area contributed by atoms with Crippen molar-refractivity contribution in [1.29, 1.82) is 0 Å². The van der Waals surface area contributed by atoms with Gasteiger partial charge < -0.3 is 9.25 Å². The minimum atomic E-state index is 0.0625. The molecule has 0 aromatic carbocycles. The summed E-state index contributed by atoms with van der Waals surface area (Å²) in [6.45, 7) is 0. The van der Waals surface area contributed by atoms with E-state index in [1.165, 1.54) is 0 Å². The number of aliphatic imine (C=N–C) groups is 1. The summed E-state index contributed by atoms with van der Waals surface area (Å²) in [5.41, 5.74) is 2.91. The van der Waals surface area contributed by atoms with E-state index >= 15 is 0 Å².